The summed E-state index contributed by atoms with van der Waals surface area (Å²) < 4.78 is 0. The number of nitrogens with zero attached hydrogens (tertiary/aromatic N) is 3. The summed E-state index contributed by atoms with van der Waals surface area (Å²) in [5.41, 5.74) is 3.01. The normalized spacial score (nSPS) is 18.5. The van der Waals surface area contributed by atoms with Crippen molar-refractivity contribution in [3.05, 3.63) is 72.3 Å². The summed E-state index contributed by atoms with van der Waals surface area (Å²) in [4.78, 5) is 32.2. The van der Waals surface area contributed by atoms with E-state index >= 15 is 0 Å². The van der Waals surface area contributed by atoms with Crippen LogP contribution in [0.1, 0.15) is 35.8 Å². The second kappa shape index (κ2) is 9.12. The van der Waals surface area contributed by atoms with E-state index in [-0.39, 0.29) is 11.8 Å². The van der Waals surface area contributed by atoms with Gasteiger partial charge >= 0.3 is 0 Å². The second-order valence-electron chi connectivity index (χ2n) is 8.01. The molecule has 7 heteroatoms. The number of piperidine rings is 1. The monoisotopic (exact) mass is 417 g/mol. The largest absolute Gasteiger partial charge is 0.356 e. The Bertz CT molecular complexity index is 1040. The summed E-state index contributed by atoms with van der Waals surface area (Å²) in [6.07, 6.45) is 7.18. The molecule has 1 saturated heterocycles. The van der Waals surface area contributed by atoms with Crippen molar-refractivity contribution in [1.82, 2.24) is 25.4 Å². The van der Waals surface area contributed by atoms with Gasteiger partial charge in [-0.2, -0.15) is 5.10 Å². The molecule has 2 N–H and O–H groups in total. The lowest BCUT2D eigenvalue weighted by molar-refractivity contribution is -0.133. The number of amides is 2. The second-order valence-corrected chi connectivity index (χ2v) is 8.01. The number of benzene rings is 1. The molecule has 3 aromatic rings. The first kappa shape index (κ1) is 20.8. The Morgan fingerprint density at radius 2 is 1.94 bits per heavy atom. The molecule has 160 valence electrons. The highest BCUT2D eigenvalue weighted by Gasteiger charge is 2.44. The molecule has 31 heavy (non-hydrogen) atoms. The highest BCUT2D eigenvalue weighted by atomic mass is 16.2. The number of likely N-dealkylation sites (tertiary alicyclic amines) is 1. The van der Waals surface area contributed by atoms with Gasteiger partial charge < -0.3 is 10.2 Å². The van der Waals surface area contributed by atoms with Gasteiger partial charge in [0.05, 0.1) is 5.41 Å². The minimum atomic E-state index is -0.687. The zero-order valence-corrected chi connectivity index (χ0v) is 17.7. The molecule has 3 heterocycles. The first-order chi connectivity index (χ1) is 15.1. The summed E-state index contributed by atoms with van der Waals surface area (Å²) in [5.74, 6) is -0.116. The minimum Gasteiger partial charge on any atom is -0.356 e. The third-order valence-electron chi connectivity index (χ3n) is 5.95. The molecule has 2 aromatic heterocycles. The third-order valence-corrected chi connectivity index (χ3v) is 5.95. The van der Waals surface area contributed by atoms with Crippen LogP contribution < -0.4 is 5.32 Å². The van der Waals surface area contributed by atoms with E-state index in [4.69, 9.17) is 0 Å². The van der Waals surface area contributed by atoms with Gasteiger partial charge in [-0.25, -0.2) is 0 Å². The van der Waals surface area contributed by atoms with Crippen molar-refractivity contribution >= 4 is 11.8 Å². The standard InChI is InChI=1S/C24H27N5O2/c1-2-26-23(31)24(11-5-15-29(17-24)22(30)21-10-14-27-28-21)16-19-6-3-4-7-20(19)18-8-12-25-13-9-18/h3-4,6-10,12-14H,2,5,11,15-17H2,1H3,(H,26,31)(H,27,28). The average molecular weight is 418 g/mol. The van der Waals surface area contributed by atoms with Crippen molar-refractivity contribution in [2.45, 2.75) is 26.2 Å². The third kappa shape index (κ3) is 4.35. The predicted molar refractivity (Wildman–Crippen MR) is 118 cm³/mol. The summed E-state index contributed by atoms with van der Waals surface area (Å²) >= 11 is 0. The highest BCUT2D eigenvalue weighted by molar-refractivity contribution is 5.93. The van der Waals surface area contributed by atoms with E-state index in [1.165, 1.54) is 0 Å². The average Bonchev–Trinajstić information content (AvgIpc) is 3.35. The molecule has 1 atom stereocenters. The van der Waals surface area contributed by atoms with Crippen molar-refractivity contribution in [2.24, 2.45) is 5.41 Å². The van der Waals surface area contributed by atoms with E-state index in [1.54, 1.807) is 29.6 Å². The maximum Gasteiger partial charge on any atom is 0.271 e. The van der Waals surface area contributed by atoms with Gasteiger partial charge in [-0.1, -0.05) is 24.3 Å². The Morgan fingerprint density at radius 1 is 1.13 bits per heavy atom. The number of aromatic nitrogens is 3. The van der Waals surface area contributed by atoms with Crippen molar-refractivity contribution in [3.63, 3.8) is 0 Å². The van der Waals surface area contributed by atoms with Gasteiger partial charge in [-0.15, -0.1) is 0 Å². The van der Waals surface area contributed by atoms with Crippen LogP contribution in [0.5, 0.6) is 0 Å². The van der Waals surface area contributed by atoms with E-state index in [0.29, 0.717) is 31.7 Å². The molecule has 4 rings (SSSR count). The maximum atomic E-state index is 13.3. The number of carbonyl (C=O) groups excluding carboxylic acids is 2. The maximum absolute atomic E-state index is 13.3. The minimum absolute atomic E-state index is 0.00152. The van der Waals surface area contributed by atoms with Crippen LogP contribution in [0.4, 0.5) is 0 Å². The molecule has 0 aliphatic carbocycles. The molecule has 2 amide bonds. The number of carbonyl (C=O) groups is 2. The lowest BCUT2D eigenvalue weighted by Crippen LogP contribution is -2.54. The van der Waals surface area contributed by atoms with Gasteiger partial charge in [0, 0.05) is 38.2 Å². The van der Waals surface area contributed by atoms with Crippen LogP contribution in [0.25, 0.3) is 11.1 Å². The Morgan fingerprint density at radius 3 is 2.68 bits per heavy atom. The number of hydrogen-bond donors (Lipinski definition) is 2. The van der Waals surface area contributed by atoms with Crippen LogP contribution in [0.15, 0.2) is 61.1 Å². The fourth-order valence-electron chi connectivity index (χ4n) is 4.46. The zero-order valence-electron chi connectivity index (χ0n) is 17.7. The topological polar surface area (TPSA) is 91.0 Å². The summed E-state index contributed by atoms with van der Waals surface area (Å²) in [5, 5.41) is 9.67. The Labute approximate surface area is 181 Å². The van der Waals surface area contributed by atoms with Crippen LogP contribution in [-0.4, -0.2) is 51.5 Å². The molecule has 0 saturated carbocycles. The van der Waals surface area contributed by atoms with Gasteiger partial charge in [-0.05, 0) is 61.1 Å². The number of nitrogens with one attached hydrogen (secondary N) is 2. The van der Waals surface area contributed by atoms with E-state index in [1.807, 2.05) is 31.2 Å². The van der Waals surface area contributed by atoms with Gasteiger partial charge in [0.25, 0.3) is 5.91 Å². The Hall–Kier alpha value is -3.48. The van der Waals surface area contributed by atoms with Crippen molar-refractivity contribution in [1.29, 1.82) is 0 Å². The number of H-pyrrole nitrogens is 1. The highest BCUT2D eigenvalue weighted by Crippen LogP contribution is 2.37. The van der Waals surface area contributed by atoms with Gasteiger partial charge in [0.15, 0.2) is 0 Å². The molecule has 1 fully saturated rings. The molecule has 1 aliphatic heterocycles. The van der Waals surface area contributed by atoms with Crippen molar-refractivity contribution < 1.29 is 9.59 Å². The predicted octanol–water partition coefficient (Wildman–Crippen LogP) is 3.07. The number of aromatic amines is 1. The molecule has 1 unspecified atom stereocenters. The van der Waals surface area contributed by atoms with Crippen LogP contribution in [0.2, 0.25) is 0 Å². The molecule has 1 aliphatic rings. The first-order valence-electron chi connectivity index (χ1n) is 10.7. The molecule has 7 nitrogen and oxygen atoms in total. The fourth-order valence-corrected chi connectivity index (χ4v) is 4.46. The van der Waals surface area contributed by atoms with E-state index in [0.717, 1.165) is 29.5 Å². The van der Waals surface area contributed by atoms with Crippen molar-refractivity contribution in [2.75, 3.05) is 19.6 Å². The van der Waals surface area contributed by atoms with Crippen LogP contribution >= 0.6 is 0 Å². The summed E-state index contributed by atoms with van der Waals surface area (Å²) in [6.45, 7) is 3.49. The van der Waals surface area contributed by atoms with Gasteiger partial charge in [-0.3, -0.25) is 19.7 Å². The lowest BCUT2D eigenvalue weighted by Gasteiger charge is -2.42. The Kier molecular flexibility index (Phi) is 6.11. The summed E-state index contributed by atoms with van der Waals surface area (Å²) in [6, 6.07) is 13.8. The zero-order chi connectivity index (χ0) is 21.7. The lowest BCUT2D eigenvalue weighted by atomic mass is 9.73. The molecule has 0 radical (unpaired) electrons. The molecular weight excluding hydrogens is 390 g/mol. The smallest absolute Gasteiger partial charge is 0.271 e. The number of hydrogen-bond acceptors (Lipinski definition) is 4. The quantitative estimate of drug-likeness (QED) is 0.645. The van der Waals surface area contributed by atoms with E-state index in [2.05, 4.69) is 32.6 Å². The fraction of sp³-hybridized carbons (Fsp3) is 0.333. The van der Waals surface area contributed by atoms with Gasteiger partial charge in [0.2, 0.25) is 5.91 Å². The Balaban J connectivity index is 1.68. The number of pyridine rings is 1. The van der Waals surface area contributed by atoms with Crippen LogP contribution in [-0.2, 0) is 11.2 Å². The first-order valence-corrected chi connectivity index (χ1v) is 10.7. The molecule has 0 bridgehead atoms. The van der Waals surface area contributed by atoms with Crippen LogP contribution in [0, 0.1) is 5.41 Å². The molecule has 1 aromatic carbocycles. The SMILES string of the molecule is CCNC(=O)C1(Cc2ccccc2-c2ccncc2)CCCN(C(=O)c2ccn[nH]2)C1. The van der Waals surface area contributed by atoms with Crippen LogP contribution in [0.3, 0.4) is 0 Å². The number of rotatable bonds is 6. The van der Waals surface area contributed by atoms with Gasteiger partial charge in [0.1, 0.15) is 5.69 Å². The van der Waals surface area contributed by atoms with E-state index < -0.39 is 5.41 Å². The van der Waals surface area contributed by atoms with Crippen molar-refractivity contribution in [3.8, 4) is 11.1 Å². The molecule has 0 spiro atoms. The molecular formula is C24H27N5O2. The summed E-state index contributed by atoms with van der Waals surface area (Å²) in [7, 11) is 0. The van der Waals surface area contributed by atoms with E-state index in [9.17, 15) is 9.59 Å².